The summed E-state index contributed by atoms with van der Waals surface area (Å²) in [7, 11) is 0. The van der Waals surface area contributed by atoms with E-state index in [0.717, 1.165) is 70.1 Å². The van der Waals surface area contributed by atoms with Crippen molar-refractivity contribution < 1.29 is 4.79 Å². The third-order valence-electron chi connectivity index (χ3n) is 7.07. The third-order valence-corrected chi connectivity index (χ3v) is 7.85. The number of nitrogens with one attached hydrogen (secondary N) is 2. The van der Waals surface area contributed by atoms with Gasteiger partial charge in [0.05, 0.1) is 0 Å². The predicted molar refractivity (Wildman–Crippen MR) is 143 cm³/mol. The number of nitrogens with zero attached hydrogens (tertiary/aromatic N) is 3. The van der Waals surface area contributed by atoms with Crippen LogP contribution in [0.1, 0.15) is 47.3 Å². The van der Waals surface area contributed by atoms with Crippen molar-refractivity contribution in [3.05, 3.63) is 82.9 Å². The van der Waals surface area contributed by atoms with Crippen LogP contribution in [0.4, 0.5) is 5.13 Å². The summed E-state index contributed by atoms with van der Waals surface area (Å²) in [6.07, 6.45) is 4.15. The first-order valence-electron chi connectivity index (χ1n) is 12.8. The van der Waals surface area contributed by atoms with E-state index >= 15 is 0 Å². The van der Waals surface area contributed by atoms with E-state index in [9.17, 15) is 4.79 Å². The average Bonchev–Trinajstić information content (AvgIpc) is 3.36. The molecule has 0 aliphatic carbocycles. The zero-order chi connectivity index (χ0) is 23.9. The van der Waals surface area contributed by atoms with Gasteiger partial charge in [-0.05, 0) is 36.8 Å². The molecule has 3 aromatic rings. The molecule has 35 heavy (non-hydrogen) atoms. The highest BCUT2D eigenvalue weighted by Crippen LogP contribution is 2.22. The van der Waals surface area contributed by atoms with Gasteiger partial charge in [-0.25, -0.2) is 4.98 Å². The molecule has 3 heterocycles. The maximum absolute atomic E-state index is 12.8. The first kappa shape index (κ1) is 24.0. The Bertz CT molecular complexity index is 1060. The van der Waals surface area contributed by atoms with Crippen LogP contribution in [0.25, 0.3) is 0 Å². The quantitative estimate of drug-likeness (QED) is 0.484. The Morgan fingerprint density at radius 1 is 0.800 bits per heavy atom. The average molecular weight is 490 g/mol. The predicted octanol–water partition coefficient (Wildman–Crippen LogP) is 4.61. The van der Waals surface area contributed by atoms with Crippen LogP contribution in [-0.4, -0.2) is 59.0 Å². The minimum atomic E-state index is -0.0477. The summed E-state index contributed by atoms with van der Waals surface area (Å²) in [5, 5.41) is 9.51. The summed E-state index contributed by atoms with van der Waals surface area (Å²) in [6.45, 7) is 6.16. The lowest BCUT2D eigenvalue weighted by atomic mass is 10.0. The molecular weight excluding hydrogens is 454 g/mol. The van der Waals surface area contributed by atoms with Crippen LogP contribution >= 0.6 is 11.3 Å². The summed E-state index contributed by atoms with van der Waals surface area (Å²) < 4.78 is 0. The molecule has 0 unspecified atom stereocenters. The number of rotatable bonds is 8. The van der Waals surface area contributed by atoms with Gasteiger partial charge < -0.3 is 10.6 Å². The van der Waals surface area contributed by atoms with E-state index in [2.05, 4.69) is 86.1 Å². The summed E-state index contributed by atoms with van der Waals surface area (Å²) >= 11 is 1.53. The van der Waals surface area contributed by atoms with Crippen molar-refractivity contribution in [3.63, 3.8) is 0 Å². The maximum atomic E-state index is 12.8. The summed E-state index contributed by atoms with van der Waals surface area (Å²) in [5.41, 5.74) is 3.25. The number of benzene rings is 2. The fraction of sp³-hybridized carbons (Fsp3) is 0.429. The first-order valence-corrected chi connectivity index (χ1v) is 13.6. The summed E-state index contributed by atoms with van der Waals surface area (Å²) in [4.78, 5) is 22.4. The first-order chi connectivity index (χ1) is 17.2. The Balaban J connectivity index is 1.03. The second-order valence-electron chi connectivity index (χ2n) is 9.73. The molecule has 2 N–H and O–H groups in total. The molecule has 184 valence electrons. The van der Waals surface area contributed by atoms with Crippen molar-refractivity contribution in [1.29, 1.82) is 0 Å². The Morgan fingerprint density at radius 2 is 1.31 bits per heavy atom. The number of piperidine rings is 2. The van der Waals surface area contributed by atoms with E-state index < -0.39 is 0 Å². The minimum Gasteiger partial charge on any atom is -0.359 e. The lowest BCUT2D eigenvalue weighted by Gasteiger charge is -2.32. The molecule has 0 saturated carbocycles. The van der Waals surface area contributed by atoms with Crippen molar-refractivity contribution in [2.24, 2.45) is 0 Å². The van der Waals surface area contributed by atoms with Gasteiger partial charge in [-0.1, -0.05) is 60.7 Å². The molecule has 0 spiro atoms. The van der Waals surface area contributed by atoms with Crippen LogP contribution in [0.15, 0.2) is 66.0 Å². The molecule has 0 bridgehead atoms. The standard InChI is InChI=1S/C28H35N5OS/c34-27(29-24-11-15-32(16-12-24)19-22-7-3-1-4-8-22)26-21-35-28(31-26)30-25-13-17-33(18-14-25)20-23-9-5-2-6-10-23/h1-10,21,24-25H,11-20H2,(H,29,34)(H,30,31). The van der Waals surface area contributed by atoms with Gasteiger partial charge >= 0.3 is 0 Å². The Morgan fingerprint density at radius 3 is 1.86 bits per heavy atom. The fourth-order valence-corrected chi connectivity index (χ4v) is 5.80. The summed E-state index contributed by atoms with van der Waals surface area (Å²) in [5.74, 6) is -0.0477. The zero-order valence-corrected chi connectivity index (χ0v) is 21.1. The van der Waals surface area contributed by atoms with Crippen LogP contribution in [0.2, 0.25) is 0 Å². The van der Waals surface area contributed by atoms with E-state index in [0.29, 0.717) is 11.7 Å². The van der Waals surface area contributed by atoms with Crippen LogP contribution in [0.3, 0.4) is 0 Å². The highest BCUT2D eigenvalue weighted by molar-refractivity contribution is 7.13. The van der Waals surface area contributed by atoms with Crippen molar-refractivity contribution in [2.45, 2.75) is 50.9 Å². The van der Waals surface area contributed by atoms with Gasteiger partial charge in [0.15, 0.2) is 5.13 Å². The maximum Gasteiger partial charge on any atom is 0.271 e. The molecule has 0 radical (unpaired) electrons. The number of amides is 1. The van der Waals surface area contributed by atoms with Crippen LogP contribution in [-0.2, 0) is 13.1 Å². The zero-order valence-electron chi connectivity index (χ0n) is 20.2. The molecule has 5 rings (SSSR count). The number of carbonyl (C=O) groups excluding carboxylic acids is 1. The van der Waals surface area contributed by atoms with Crippen molar-refractivity contribution in [1.82, 2.24) is 20.1 Å². The van der Waals surface area contributed by atoms with E-state index in [1.807, 2.05) is 5.38 Å². The molecule has 1 aromatic heterocycles. The number of thiazole rings is 1. The SMILES string of the molecule is O=C(NC1CCN(Cc2ccccc2)CC1)c1csc(NC2CCN(Cc3ccccc3)CC2)n1. The van der Waals surface area contributed by atoms with Gasteiger partial charge in [-0.2, -0.15) is 0 Å². The Labute approximate surface area is 212 Å². The van der Waals surface area contributed by atoms with Gasteiger partial charge in [0.25, 0.3) is 5.91 Å². The van der Waals surface area contributed by atoms with E-state index in [-0.39, 0.29) is 11.9 Å². The molecule has 6 nitrogen and oxygen atoms in total. The van der Waals surface area contributed by atoms with Crippen LogP contribution < -0.4 is 10.6 Å². The molecule has 2 aliphatic rings. The second kappa shape index (κ2) is 11.8. The highest BCUT2D eigenvalue weighted by Gasteiger charge is 2.23. The number of carbonyl (C=O) groups is 1. The van der Waals surface area contributed by atoms with Gasteiger partial charge in [-0.15, -0.1) is 11.3 Å². The smallest absolute Gasteiger partial charge is 0.271 e. The summed E-state index contributed by atoms with van der Waals surface area (Å²) in [6, 6.07) is 21.9. The monoisotopic (exact) mass is 489 g/mol. The van der Waals surface area contributed by atoms with Crippen molar-refractivity contribution >= 4 is 22.4 Å². The van der Waals surface area contributed by atoms with Gasteiger partial charge in [0, 0.05) is 56.7 Å². The fourth-order valence-electron chi connectivity index (χ4n) is 5.03. The minimum absolute atomic E-state index is 0.0477. The largest absolute Gasteiger partial charge is 0.359 e. The molecule has 0 atom stereocenters. The molecule has 2 saturated heterocycles. The number of aromatic nitrogens is 1. The third kappa shape index (κ3) is 6.90. The topological polar surface area (TPSA) is 60.5 Å². The lowest BCUT2D eigenvalue weighted by molar-refractivity contribution is 0.0904. The van der Waals surface area contributed by atoms with Crippen molar-refractivity contribution in [3.8, 4) is 0 Å². The molecule has 2 fully saturated rings. The molecule has 1 amide bonds. The Hall–Kier alpha value is -2.74. The molecular formula is C28H35N5OS. The van der Waals surface area contributed by atoms with Gasteiger partial charge in [0.1, 0.15) is 5.69 Å². The molecule has 7 heteroatoms. The number of likely N-dealkylation sites (tertiary alicyclic amines) is 2. The molecule has 2 aromatic carbocycles. The van der Waals surface area contributed by atoms with Crippen LogP contribution in [0, 0.1) is 0 Å². The van der Waals surface area contributed by atoms with Gasteiger partial charge in [0.2, 0.25) is 0 Å². The highest BCUT2D eigenvalue weighted by atomic mass is 32.1. The Kier molecular flexibility index (Phi) is 8.08. The van der Waals surface area contributed by atoms with Crippen LogP contribution in [0.5, 0.6) is 0 Å². The van der Waals surface area contributed by atoms with Gasteiger partial charge in [-0.3, -0.25) is 14.6 Å². The number of anilines is 1. The molecule has 2 aliphatic heterocycles. The number of hydrogen-bond donors (Lipinski definition) is 2. The van der Waals surface area contributed by atoms with E-state index in [1.54, 1.807) is 0 Å². The van der Waals surface area contributed by atoms with E-state index in [1.165, 1.54) is 22.5 Å². The normalized spacial score (nSPS) is 18.4. The lowest BCUT2D eigenvalue weighted by Crippen LogP contribution is -2.44. The second-order valence-corrected chi connectivity index (χ2v) is 10.6. The van der Waals surface area contributed by atoms with Crippen molar-refractivity contribution in [2.75, 3.05) is 31.5 Å². The number of hydrogen-bond acceptors (Lipinski definition) is 6. The van der Waals surface area contributed by atoms with E-state index in [4.69, 9.17) is 0 Å².